The quantitative estimate of drug-likeness (QED) is 0.948. The molecule has 1 amide bonds. The summed E-state index contributed by atoms with van der Waals surface area (Å²) in [5, 5.41) is 2.77. The Balaban J connectivity index is 2.22. The zero-order valence-corrected chi connectivity index (χ0v) is 13.0. The van der Waals surface area contributed by atoms with Crippen molar-refractivity contribution in [1.82, 2.24) is 0 Å². The van der Waals surface area contributed by atoms with Crippen LogP contribution >= 0.6 is 0 Å². The first-order chi connectivity index (χ1) is 9.79. The minimum absolute atomic E-state index is 0.205. The second kappa shape index (κ2) is 5.69. The predicted molar refractivity (Wildman–Crippen MR) is 83.4 cm³/mol. The number of hydrogen-bond acceptors (Lipinski definition) is 3. The van der Waals surface area contributed by atoms with Crippen LogP contribution in [0, 0.1) is 13.8 Å². The second-order valence-corrected chi connectivity index (χ2v) is 7.01. The van der Waals surface area contributed by atoms with E-state index < -0.39 is 9.84 Å². The average Bonchev–Trinajstić information content (AvgIpc) is 2.41. The lowest BCUT2D eigenvalue weighted by atomic mass is 10.0. The number of carbonyl (C=O) groups excluding carboxylic acids is 1. The largest absolute Gasteiger partial charge is 0.322 e. The molecule has 0 aromatic heterocycles. The lowest BCUT2D eigenvalue weighted by molar-refractivity contribution is 0.102. The topological polar surface area (TPSA) is 63.2 Å². The van der Waals surface area contributed by atoms with Crippen molar-refractivity contribution in [3.05, 3.63) is 59.2 Å². The third-order valence-electron chi connectivity index (χ3n) is 3.39. The van der Waals surface area contributed by atoms with E-state index in [-0.39, 0.29) is 10.8 Å². The lowest BCUT2D eigenvalue weighted by Gasteiger charge is -2.10. The van der Waals surface area contributed by atoms with Gasteiger partial charge < -0.3 is 5.32 Å². The summed E-state index contributed by atoms with van der Waals surface area (Å²) in [6, 6.07) is 11.7. The van der Waals surface area contributed by atoms with Crippen LogP contribution in [0.2, 0.25) is 0 Å². The molecule has 110 valence electrons. The summed E-state index contributed by atoms with van der Waals surface area (Å²) < 4.78 is 22.8. The predicted octanol–water partition coefficient (Wildman–Crippen LogP) is 2.96. The highest BCUT2D eigenvalue weighted by atomic mass is 32.2. The van der Waals surface area contributed by atoms with Gasteiger partial charge in [-0.3, -0.25) is 4.79 Å². The van der Waals surface area contributed by atoms with Gasteiger partial charge in [-0.2, -0.15) is 0 Å². The van der Waals surface area contributed by atoms with Crippen LogP contribution in [0.1, 0.15) is 21.5 Å². The Kier molecular flexibility index (Phi) is 4.14. The number of amides is 1. The molecular weight excluding hydrogens is 286 g/mol. The van der Waals surface area contributed by atoms with Gasteiger partial charge in [-0.1, -0.05) is 12.1 Å². The molecule has 0 aliphatic heterocycles. The Bertz CT molecular complexity index is 778. The first-order valence-corrected chi connectivity index (χ1v) is 8.36. The number of aryl methyl sites for hydroxylation is 1. The van der Waals surface area contributed by atoms with Gasteiger partial charge in [0.2, 0.25) is 0 Å². The van der Waals surface area contributed by atoms with Gasteiger partial charge in [0, 0.05) is 17.5 Å². The van der Waals surface area contributed by atoms with Gasteiger partial charge in [0.1, 0.15) is 0 Å². The van der Waals surface area contributed by atoms with Crippen LogP contribution in [0.15, 0.2) is 47.4 Å². The summed E-state index contributed by atoms with van der Waals surface area (Å²) in [6.45, 7) is 3.85. The molecule has 1 N–H and O–H groups in total. The fraction of sp³-hybridized carbons (Fsp3) is 0.188. The molecule has 5 heteroatoms. The molecule has 0 aliphatic carbocycles. The van der Waals surface area contributed by atoms with E-state index in [4.69, 9.17) is 0 Å². The molecule has 4 nitrogen and oxygen atoms in total. The normalized spacial score (nSPS) is 11.2. The van der Waals surface area contributed by atoms with Gasteiger partial charge in [0.15, 0.2) is 9.84 Å². The highest BCUT2D eigenvalue weighted by molar-refractivity contribution is 7.90. The van der Waals surface area contributed by atoms with Gasteiger partial charge >= 0.3 is 0 Å². The molecule has 0 spiro atoms. The van der Waals surface area contributed by atoms with Crippen molar-refractivity contribution in [2.24, 2.45) is 0 Å². The molecule has 0 saturated heterocycles. The molecule has 0 atom stereocenters. The lowest BCUT2D eigenvalue weighted by Crippen LogP contribution is -2.13. The van der Waals surface area contributed by atoms with Crippen molar-refractivity contribution in [2.75, 3.05) is 11.6 Å². The van der Waals surface area contributed by atoms with E-state index in [2.05, 4.69) is 5.32 Å². The molecule has 0 fully saturated rings. The fourth-order valence-corrected chi connectivity index (χ4v) is 2.61. The third kappa shape index (κ3) is 3.49. The Morgan fingerprint density at radius 2 is 1.62 bits per heavy atom. The summed E-state index contributed by atoms with van der Waals surface area (Å²) in [5.74, 6) is -0.205. The molecule has 2 aromatic carbocycles. The summed E-state index contributed by atoms with van der Waals surface area (Å²) >= 11 is 0. The minimum atomic E-state index is -3.23. The summed E-state index contributed by atoms with van der Waals surface area (Å²) in [4.78, 5) is 12.5. The number of anilines is 1. The van der Waals surface area contributed by atoms with Crippen LogP contribution in [0.3, 0.4) is 0 Å². The molecule has 0 aliphatic rings. The fourth-order valence-electron chi connectivity index (χ4n) is 1.98. The standard InChI is InChI=1S/C16H17NO3S/c1-11-5-4-6-15(12(11)2)16(18)17-13-7-9-14(10-8-13)21(3,19)20/h4-10H,1-3H3,(H,17,18). The van der Waals surface area contributed by atoms with Crippen molar-refractivity contribution in [2.45, 2.75) is 18.7 Å². The van der Waals surface area contributed by atoms with E-state index in [0.29, 0.717) is 11.3 Å². The van der Waals surface area contributed by atoms with Gasteiger partial charge in [-0.25, -0.2) is 8.42 Å². The molecule has 0 heterocycles. The van der Waals surface area contributed by atoms with Crippen LogP contribution in [0.4, 0.5) is 5.69 Å². The van der Waals surface area contributed by atoms with Crippen molar-refractivity contribution >= 4 is 21.4 Å². The van der Waals surface area contributed by atoms with E-state index in [1.807, 2.05) is 26.0 Å². The first-order valence-electron chi connectivity index (χ1n) is 6.47. The number of benzene rings is 2. The number of hydrogen-bond donors (Lipinski definition) is 1. The van der Waals surface area contributed by atoms with Gasteiger partial charge in [0.25, 0.3) is 5.91 Å². The minimum Gasteiger partial charge on any atom is -0.322 e. The smallest absolute Gasteiger partial charge is 0.255 e. The average molecular weight is 303 g/mol. The summed E-state index contributed by atoms with van der Waals surface area (Å²) in [7, 11) is -3.23. The van der Waals surface area contributed by atoms with E-state index in [1.54, 1.807) is 18.2 Å². The number of sulfone groups is 1. The highest BCUT2D eigenvalue weighted by Crippen LogP contribution is 2.17. The van der Waals surface area contributed by atoms with Gasteiger partial charge in [-0.05, 0) is 55.3 Å². The van der Waals surface area contributed by atoms with Crippen LogP contribution in [-0.4, -0.2) is 20.6 Å². The van der Waals surface area contributed by atoms with Crippen molar-refractivity contribution in [3.63, 3.8) is 0 Å². The Labute approximate surface area is 124 Å². The van der Waals surface area contributed by atoms with Crippen molar-refractivity contribution < 1.29 is 13.2 Å². The van der Waals surface area contributed by atoms with E-state index in [0.717, 1.165) is 17.4 Å². The molecule has 21 heavy (non-hydrogen) atoms. The van der Waals surface area contributed by atoms with E-state index in [1.165, 1.54) is 12.1 Å². The Morgan fingerprint density at radius 1 is 1.00 bits per heavy atom. The Morgan fingerprint density at radius 3 is 2.19 bits per heavy atom. The van der Waals surface area contributed by atoms with Crippen molar-refractivity contribution in [1.29, 1.82) is 0 Å². The number of carbonyl (C=O) groups is 1. The van der Waals surface area contributed by atoms with Gasteiger partial charge in [0.05, 0.1) is 4.90 Å². The molecular formula is C16H17NO3S. The molecule has 0 bridgehead atoms. The highest BCUT2D eigenvalue weighted by Gasteiger charge is 2.11. The first kappa shape index (κ1) is 15.3. The van der Waals surface area contributed by atoms with Crippen molar-refractivity contribution in [3.8, 4) is 0 Å². The van der Waals surface area contributed by atoms with Gasteiger partial charge in [-0.15, -0.1) is 0 Å². The molecule has 0 saturated carbocycles. The summed E-state index contributed by atoms with van der Waals surface area (Å²) in [5.41, 5.74) is 3.16. The SMILES string of the molecule is Cc1cccc(C(=O)Nc2ccc(S(C)(=O)=O)cc2)c1C. The number of rotatable bonds is 3. The summed E-state index contributed by atoms with van der Waals surface area (Å²) in [6.07, 6.45) is 1.15. The second-order valence-electron chi connectivity index (χ2n) is 5.00. The van der Waals surface area contributed by atoms with Crippen LogP contribution in [0.25, 0.3) is 0 Å². The molecule has 2 rings (SSSR count). The van der Waals surface area contributed by atoms with Crippen LogP contribution in [0.5, 0.6) is 0 Å². The zero-order valence-electron chi connectivity index (χ0n) is 12.2. The molecule has 0 unspecified atom stereocenters. The van der Waals surface area contributed by atoms with E-state index in [9.17, 15) is 13.2 Å². The monoisotopic (exact) mass is 303 g/mol. The van der Waals surface area contributed by atoms with Crippen LogP contribution < -0.4 is 5.32 Å². The van der Waals surface area contributed by atoms with Crippen LogP contribution in [-0.2, 0) is 9.84 Å². The molecule has 2 aromatic rings. The zero-order chi connectivity index (χ0) is 15.6. The maximum absolute atomic E-state index is 12.2. The molecule has 0 radical (unpaired) electrons. The third-order valence-corrected chi connectivity index (χ3v) is 4.52. The Hall–Kier alpha value is -2.14. The number of nitrogens with one attached hydrogen (secondary N) is 1. The maximum atomic E-state index is 12.2. The maximum Gasteiger partial charge on any atom is 0.255 e. The van der Waals surface area contributed by atoms with E-state index >= 15 is 0 Å².